The highest BCUT2D eigenvalue weighted by Gasteiger charge is 2.25. The number of carbonyl (C=O) groups is 1. The van der Waals surface area contributed by atoms with Gasteiger partial charge in [0.2, 0.25) is 5.91 Å². The van der Waals surface area contributed by atoms with E-state index in [-0.39, 0.29) is 11.8 Å². The van der Waals surface area contributed by atoms with Crippen molar-refractivity contribution in [2.75, 3.05) is 19.6 Å². The van der Waals surface area contributed by atoms with E-state index in [1.807, 2.05) is 18.2 Å². The van der Waals surface area contributed by atoms with E-state index in [0.717, 1.165) is 62.4 Å². The largest absolute Gasteiger partial charge is 0.356 e. The molecule has 1 aliphatic heterocycles. The van der Waals surface area contributed by atoms with Crippen LogP contribution in [0.3, 0.4) is 0 Å². The molecule has 0 spiro atoms. The molecule has 1 fully saturated rings. The summed E-state index contributed by atoms with van der Waals surface area (Å²) in [5.74, 6) is 0.281. The van der Waals surface area contributed by atoms with Crippen molar-refractivity contribution in [2.24, 2.45) is 5.92 Å². The summed E-state index contributed by atoms with van der Waals surface area (Å²) >= 11 is 6.28. The minimum absolute atomic E-state index is 0.0839. The molecule has 1 saturated heterocycles. The molecule has 1 amide bonds. The summed E-state index contributed by atoms with van der Waals surface area (Å²) in [5, 5.41) is 3.94. The Hall–Kier alpha value is -1.84. The smallest absolute Gasteiger partial charge is 0.224 e. The standard InChI is InChI=1S/C23H29ClN2O/c1-18-10-12-19(13-11-18)6-4-14-25-23(27)21-8-5-15-26(17-21)16-20-7-2-3-9-22(20)24/h2-3,7,9-13,21H,4-6,8,14-17H2,1H3,(H,25,27)/t21-/m0/s1. The summed E-state index contributed by atoms with van der Waals surface area (Å²) < 4.78 is 0. The molecule has 0 radical (unpaired) electrons. The number of amides is 1. The van der Waals surface area contributed by atoms with Gasteiger partial charge in [-0.25, -0.2) is 0 Å². The van der Waals surface area contributed by atoms with Crippen LogP contribution in [0.1, 0.15) is 36.0 Å². The molecule has 1 N–H and O–H groups in total. The van der Waals surface area contributed by atoms with Crippen LogP contribution in [0, 0.1) is 12.8 Å². The number of nitrogens with one attached hydrogen (secondary N) is 1. The van der Waals surface area contributed by atoms with Crippen molar-refractivity contribution in [1.29, 1.82) is 0 Å². The quantitative estimate of drug-likeness (QED) is 0.707. The summed E-state index contributed by atoms with van der Waals surface area (Å²) in [5.41, 5.74) is 3.75. The average Bonchev–Trinajstić information content (AvgIpc) is 2.68. The van der Waals surface area contributed by atoms with Crippen molar-refractivity contribution in [3.63, 3.8) is 0 Å². The molecule has 2 aromatic carbocycles. The predicted molar refractivity (Wildman–Crippen MR) is 112 cm³/mol. The fraction of sp³-hybridized carbons (Fsp3) is 0.435. The number of rotatable bonds is 7. The number of hydrogen-bond donors (Lipinski definition) is 1. The molecule has 4 heteroatoms. The Labute approximate surface area is 167 Å². The predicted octanol–water partition coefficient (Wildman–Crippen LogP) is 4.61. The molecule has 1 heterocycles. The van der Waals surface area contributed by atoms with Crippen LogP contribution >= 0.6 is 11.6 Å². The van der Waals surface area contributed by atoms with E-state index in [1.54, 1.807) is 0 Å². The monoisotopic (exact) mass is 384 g/mol. The van der Waals surface area contributed by atoms with Gasteiger partial charge in [-0.3, -0.25) is 9.69 Å². The van der Waals surface area contributed by atoms with Gasteiger partial charge in [0.25, 0.3) is 0 Å². The van der Waals surface area contributed by atoms with Gasteiger partial charge in [-0.2, -0.15) is 0 Å². The van der Waals surface area contributed by atoms with Crippen molar-refractivity contribution in [3.05, 3.63) is 70.2 Å². The molecule has 3 nitrogen and oxygen atoms in total. The SMILES string of the molecule is Cc1ccc(CCCNC(=O)[C@H]2CCCN(Cc3ccccc3Cl)C2)cc1. The first-order valence-electron chi connectivity index (χ1n) is 9.91. The van der Waals surface area contributed by atoms with Crippen LogP contribution in [-0.2, 0) is 17.8 Å². The Kier molecular flexibility index (Phi) is 7.31. The highest BCUT2D eigenvalue weighted by Crippen LogP contribution is 2.22. The lowest BCUT2D eigenvalue weighted by molar-refractivity contribution is -0.126. The Morgan fingerprint density at radius 3 is 2.74 bits per heavy atom. The maximum Gasteiger partial charge on any atom is 0.224 e. The van der Waals surface area contributed by atoms with E-state index in [4.69, 9.17) is 11.6 Å². The van der Waals surface area contributed by atoms with E-state index in [1.165, 1.54) is 11.1 Å². The summed E-state index contributed by atoms with van der Waals surface area (Å²) in [6, 6.07) is 16.6. The van der Waals surface area contributed by atoms with Crippen LogP contribution in [0.15, 0.2) is 48.5 Å². The molecule has 1 atom stereocenters. The van der Waals surface area contributed by atoms with Crippen LogP contribution in [-0.4, -0.2) is 30.4 Å². The number of likely N-dealkylation sites (tertiary alicyclic amines) is 1. The second kappa shape index (κ2) is 9.91. The number of aryl methyl sites for hydroxylation is 2. The summed E-state index contributed by atoms with van der Waals surface area (Å²) in [6.45, 7) is 5.51. The number of carbonyl (C=O) groups excluding carboxylic acids is 1. The molecule has 0 unspecified atom stereocenters. The molecule has 0 aliphatic carbocycles. The molecule has 2 aromatic rings. The third-order valence-corrected chi connectivity index (χ3v) is 5.66. The molecular weight excluding hydrogens is 356 g/mol. The second-order valence-corrected chi connectivity index (χ2v) is 7.95. The van der Waals surface area contributed by atoms with Gasteiger partial charge in [-0.15, -0.1) is 0 Å². The maximum absolute atomic E-state index is 12.6. The van der Waals surface area contributed by atoms with E-state index < -0.39 is 0 Å². The fourth-order valence-corrected chi connectivity index (χ4v) is 3.88. The van der Waals surface area contributed by atoms with Gasteiger partial charge in [0.05, 0.1) is 5.92 Å². The highest BCUT2D eigenvalue weighted by molar-refractivity contribution is 6.31. The van der Waals surface area contributed by atoms with E-state index in [0.29, 0.717) is 0 Å². The number of piperidine rings is 1. The molecule has 3 rings (SSSR count). The topological polar surface area (TPSA) is 32.3 Å². The summed E-state index contributed by atoms with van der Waals surface area (Å²) in [7, 11) is 0. The minimum Gasteiger partial charge on any atom is -0.356 e. The van der Waals surface area contributed by atoms with E-state index in [2.05, 4.69) is 47.5 Å². The first kappa shape index (κ1) is 19.9. The van der Waals surface area contributed by atoms with Crippen LogP contribution in [0.2, 0.25) is 5.02 Å². The van der Waals surface area contributed by atoms with Crippen molar-refractivity contribution in [2.45, 2.75) is 39.2 Å². The Bertz CT molecular complexity index is 744. The van der Waals surface area contributed by atoms with Gasteiger partial charge in [-0.05, 0) is 56.3 Å². The highest BCUT2D eigenvalue weighted by atomic mass is 35.5. The van der Waals surface area contributed by atoms with Crippen LogP contribution < -0.4 is 5.32 Å². The van der Waals surface area contributed by atoms with Crippen LogP contribution in [0.4, 0.5) is 0 Å². The van der Waals surface area contributed by atoms with Gasteiger partial charge in [0.15, 0.2) is 0 Å². The van der Waals surface area contributed by atoms with Crippen molar-refractivity contribution >= 4 is 17.5 Å². The van der Waals surface area contributed by atoms with Crippen molar-refractivity contribution in [1.82, 2.24) is 10.2 Å². The summed E-state index contributed by atoms with van der Waals surface area (Å²) in [4.78, 5) is 14.9. The number of halogens is 1. The van der Waals surface area contributed by atoms with Crippen LogP contribution in [0.5, 0.6) is 0 Å². The first-order valence-corrected chi connectivity index (χ1v) is 10.3. The van der Waals surface area contributed by atoms with Gasteiger partial charge in [0.1, 0.15) is 0 Å². The number of hydrogen-bond acceptors (Lipinski definition) is 2. The zero-order chi connectivity index (χ0) is 19.1. The van der Waals surface area contributed by atoms with Crippen molar-refractivity contribution in [3.8, 4) is 0 Å². The number of benzene rings is 2. The zero-order valence-electron chi connectivity index (χ0n) is 16.1. The number of nitrogens with zero attached hydrogens (tertiary/aromatic N) is 1. The summed E-state index contributed by atoms with van der Waals surface area (Å²) in [6.07, 6.45) is 4.02. The Morgan fingerprint density at radius 1 is 1.19 bits per heavy atom. The normalized spacial score (nSPS) is 17.6. The third kappa shape index (κ3) is 6.08. The van der Waals surface area contributed by atoms with Crippen molar-refractivity contribution < 1.29 is 4.79 Å². The minimum atomic E-state index is 0.0839. The average molecular weight is 385 g/mol. The molecule has 0 saturated carbocycles. The lowest BCUT2D eigenvalue weighted by Gasteiger charge is -2.32. The van der Waals surface area contributed by atoms with Gasteiger partial charge < -0.3 is 5.32 Å². The van der Waals surface area contributed by atoms with Gasteiger partial charge in [0, 0.05) is 24.7 Å². The maximum atomic E-state index is 12.6. The first-order chi connectivity index (χ1) is 13.1. The molecule has 0 aromatic heterocycles. The van der Waals surface area contributed by atoms with Gasteiger partial charge >= 0.3 is 0 Å². The molecular formula is C23H29ClN2O. The lowest BCUT2D eigenvalue weighted by Crippen LogP contribution is -2.43. The second-order valence-electron chi connectivity index (χ2n) is 7.55. The Balaban J connectivity index is 1.41. The molecule has 144 valence electrons. The van der Waals surface area contributed by atoms with Crippen LogP contribution in [0.25, 0.3) is 0 Å². The molecule has 27 heavy (non-hydrogen) atoms. The van der Waals surface area contributed by atoms with E-state index >= 15 is 0 Å². The molecule has 1 aliphatic rings. The Morgan fingerprint density at radius 2 is 1.96 bits per heavy atom. The lowest BCUT2D eigenvalue weighted by atomic mass is 9.96. The fourth-order valence-electron chi connectivity index (χ4n) is 3.68. The molecule has 0 bridgehead atoms. The third-order valence-electron chi connectivity index (χ3n) is 5.29. The van der Waals surface area contributed by atoms with Gasteiger partial charge in [-0.1, -0.05) is 59.6 Å². The zero-order valence-corrected chi connectivity index (χ0v) is 16.8. The van der Waals surface area contributed by atoms with E-state index in [9.17, 15) is 4.79 Å².